The lowest BCUT2D eigenvalue weighted by atomic mass is 10.1. The van der Waals surface area contributed by atoms with Crippen LogP contribution in [0.1, 0.15) is 36.1 Å². The third-order valence-electron chi connectivity index (χ3n) is 5.12. The summed E-state index contributed by atoms with van der Waals surface area (Å²) in [4.78, 5) is 12.8. The molecule has 134 valence electrons. The minimum absolute atomic E-state index is 0.0923. The SMILES string of the molecule is CC[N+](CC)(CC(=O)Nc1c(C)cc(C)cc1C)Cc1ccccc1. The summed E-state index contributed by atoms with van der Waals surface area (Å²) in [5.41, 5.74) is 5.71. The molecule has 0 fully saturated rings. The van der Waals surface area contributed by atoms with Crippen LogP contribution in [0.15, 0.2) is 42.5 Å². The van der Waals surface area contributed by atoms with Crippen molar-refractivity contribution in [1.82, 2.24) is 0 Å². The molecular weight excluding hydrogens is 308 g/mol. The Morgan fingerprint density at radius 2 is 1.52 bits per heavy atom. The molecule has 3 nitrogen and oxygen atoms in total. The molecule has 0 aliphatic carbocycles. The Bertz CT molecular complexity index is 695. The summed E-state index contributed by atoms with van der Waals surface area (Å²) < 4.78 is 0.764. The monoisotopic (exact) mass is 339 g/mol. The van der Waals surface area contributed by atoms with Crippen LogP contribution in [-0.2, 0) is 11.3 Å². The van der Waals surface area contributed by atoms with Gasteiger partial charge in [-0.2, -0.15) is 0 Å². The number of carbonyl (C=O) groups excluding carboxylic acids is 1. The number of amides is 1. The van der Waals surface area contributed by atoms with E-state index in [0.29, 0.717) is 6.54 Å². The van der Waals surface area contributed by atoms with Crippen LogP contribution in [0, 0.1) is 20.8 Å². The zero-order chi connectivity index (χ0) is 18.4. The van der Waals surface area contributed by atoms with Crippen LogP contribution in [0.2, 0.25) is 0 Å². The molecule has 0 unspecified atom stereocenters. The van der Waals surface area contributed by atoms with Crippen molar-refractivity contribution >= 4 is 11.6 Å². The quantitative estimate of drug-likeness (QED) is 0.734. The number of carbonyl (C=O) groups is 1. The average molecular weight is 340 g/mol. The second kappa shape index (κ2) is 8.30. The molecule has 1 N–H and O–H groups in total. The van der Waals surface area contributed by atoms with Gasteiger partial charge in [0.2, 0.25) is 0 Å². The Hall–Kier alpha value is -2.13. The van der Waals surface area contributed by atoms with Crippen molar-refractivity contribution in [2.45, 2.75) is 41.2 Å². The molecule has 0 aromatic heterocycles. The number of anilines is 1. The van der Waals surface area contributed by atoms with Gasteiger partial charge in [0.1, 0.15) is 6.54 Å². The molecule has 2 rings (SSSR count). The van der Waals surface area contributed by atoms with E-state index in [0.717, 1.165) is 40.9 Å². The van der Waals surface area contributed by atoms with Gasteiger partial charge in [0.25, 0.3) is 5.91 Å². The molecule has 2 aromatic carbocycles. The first-order valence-electron chi connectivity index (χ1n) is 9.16. The molecule has 0 heterocycles. The normalized spacial score (nSPS) is 11.4. The molecule has 1 amide bonds. The van der Waals surface area contributed by atoms with E-state index >= 15 is 0 Å². The Morgan fingerprint density at radius 3 is 2.04 bits per heavy atom. The van der Waals surface area contributed by atoms with Gasteiger partial charge in [-0.15, -0.1) is 0 Å². The van der Waals surface area contributed by atoms with Crippen LogP contribution in [0.5, 0.6) is 0 Å². The van der Waals surface area contributed by atoms with Crippen molar-refractivity contribution in [3.8, 4) is 0 Å². The van der Waals surface area contributed by atoms with E-state index in [2.05, 4.69) is 76.3 Å². The standard InChI is InChI=1S/C22H30N2O/c1-6-24(7-2,15-20-11-9-8-10-12-20)16-21(25)23-22-18(4)13-17(3)14-19(22)5/h8-14H,6-7,15-16H2,1-5H3/p+1. The van der Waals surface area contributed by atoms with E-state index in [1.165, 1.54) is 11.1 Å². The largest absolute Gasteiger partial charge is 0.321 e. The predicted molar refractivity (Wildman–Crippen MR) is 106 cm³/mol. The molecule has 0 saturated carbocycles. The summed E-state index contributed by atoms with van der Waals surface area (Å²) in [6.07, 6.45) is 0. The maximum atomic E-state index is 12.8. The highest BCUT2D eigenvalue weighted by atomic mass is 16.2. The number of benzene rings is 2. The van der Waals surface area contributed by atoms with E-state index in [-0.39, 0.29) is 5.91 Å². The average Bonchev–Trinajstić information content (AvgIpc) is 2.58. The summed E-state index contributed by atoms with van der Waals surface area (Å²) in [6.45, 7) is 13.8. The first-order valence-corrected chi connectivity index (χ1v) is 9.16. The molecule has 0 radical (unpaired) electrons. The number of hydrogen-bond donors (Lipinski definition) is 1. The van der Waals surface area contributed by atoms with Gasteiger partial charge >= 0.3 is 0 Å². The molecule has 0 aliphatic rings. The molecule has 0 bridgehead atoms. The van der Waals surface area contributed by atoms with Gasteiger partial charge in [-0.1, -0.05) is 48.0 Å². The van der Waals surface area contributed by atoms with Crippen LogP contribution in [0.25, 0.3) is 0 Å². The number of quaternary nitrogens is 1. The highest BCUT2D eigenvalue weighted by Crippen LogP contribution is 2.22. The molecular formula is C22H31N2O+. The van der Waals surface area contributed by atoms with Gasteiger partial charge in [0.05, 0.1) is 13.1 Å². The minimum Gasteiger partial charge on any atom is -0.321 e. The Balaban J connectivity index is 2.15. The van der Waals surface area contributed by atoms with Gasteiger partial charge in [0.15, 0.2) is 6.54 Å². The maximum Gasteiger partial charge on any atom is 0.279 e. The Labute approximate surface area is 152 Å². The van der Waals surface area contributed by atoms with Crippen molar-refractivity contribution in [1.29, 1.82) is 0 Å². The molecule has 0 spiro atoms. The second-order valence-corrected chi connectivity index (χ2v) is 7.10. The minimum atomic E-state index is 0.0923. The van der Waals surface area contributed by atoms with Crippen LogP contribution in [0.3, 0.4) is 0 Å². The van der Waals surface area contributed by atoms with Crippen molar-refractivity contribution in [2.75, 3.05) is 25.0 Å². The molecule has 0 saturated heterocycles. The van der Waals surface area contributed by atoms with Gasteiger partial charge in [0, 0.05) is 11.3 Å². The lowest BCUT2D eigenvalue weighted by Crippen LogP contribution is -2.51. The van der Waals surface area contributed by atoms with Gasteiger partial charge in [-0.25, -0.2) is 0 Å². The third-order valence-corrected chi connectivity index (χ3v) is 5.12. The molecule has 3 heteroatoms. The van der Waals surface area contributed by atoms with Crippen LogP contribution < -0.4 is 5.32 Å². The highest BCUT2D eigenvalue weighted by molar-refractivity contribution is 5.93. The summed E-state index contributed by atoms with van der Waals surface area (Å²) in [5, 5.41) is 3.16. The second-order valence-electron chi connectivity index (χ2n) is 7.10. The molecule has 0 atom stereocenters. The summed E-state index contributed by atoms with van der Waals surface area (Å²) in [7, 11) is 0. The summed E-state index contributed by atoms with van der Waals surface area (Å²) in [6, 6.07) is 14.7. The van der Waals surface area contributed by atoms with Crippen LogP contribution >= 0.6 is 0 Å². The molecule has 0 aliphatic heterocycles. The smallest absolute Gasteiger partial charge is 0.279 e. The fraction of sp³-hybridized carbons (Fsp3) is 0.409. The summed E-state index contributed by atoms with van der Waals surface area (Å²) in [5.74, 6) is 0.0923. The van der Waals surface area contributed by atoms with Crippen molar-refractivity contribution in [3.63, 3.8) is 0 Å². The summed E-state index contributed by atoms with van der Waals surface area (Å²) >= 11 is 0. The van der Waals surface area contributed by atoms with E-state index in [1.807, 2.05) is 6.07 Å². The Morgan fingerprint density at radius 1 is 0.960 bits per heavy atom. The van der Waals surface area contributed by atoms with E-state index in [9.17, 15) is 4.79 Å². The number of rotatable bonds is 7. The number of hydrogen-bond acceptors (Lipinski definition) is 1. The van der Waals surface area contributed by atoms with E-state index in [1.54, 1.807) is 0 Å². The number of nitrogens with zero attached hydrogens (tertiary/aromatic N) is 1. The van der Waals surface area contributed by atoms with Crippen molar-refractivity contribution in [3.05, 3.63) is 64.7 Å². The topological polar surface area (TPSA) is 29.1 Å². The van der Waals surface area contributed by atoms with Crippen molar-refractivity contribution < 1.29 is 9.28 Å². The first-order chi connectivity index (χ1) is 11.9. The van der Waals surface area contributed by atoms with E-state index < -0.39 is 0 Å². The van der Waals surface area contributed by atoms with E-state index in [4.69, 9.17) is 0 Å². The third kappa shape index (κ3) is 4.93. The fourth-order valence-electron chi connectivity index (χ4n) is 3.56. The molecule has 2 aromatic rings. The number of aryl methyl sites for hydroxylation is 3. The lowest BCUT2D eigenvalue weighted by molar-refractivity contribution is -0.930. The van der Waals surface area contributed by atoms with Gasteiger partial charge in [-0.05, 0) is 45.7 Å². The maximum absolute atomic E-state index is 12.8. The van der Waals surface area contributed by atoms with Crippen LogP contribution in [-0.4, -0.2) is 30.0 Å². The fourth-order valence-corrected chi connectivity index (χ4v) is 3.56. The van der Waals surface area contributed by atoms with Gasteiger partial charge < -0.3 is 9.80 Å². The van der Waals surface area contributed by atoms with Crippen LogP contribution in [0.4, 0.5) is 5.69 Å². The lowest BCUT2D eigenvalue weighted by Gasteiger charge is -2.36. The van der Waals surface area contributed by atoms with Gasteiger partial charge in [-0.3, -0.25) is 4.79 Å². The first kappa shape index (κ1) is 19.2. The van der Waals surface area contributed by atoms with Crippen molar-refractivity contribution in [2.24, 2.45) is 0 Å². The zero-order valence-corrected chi connectivity index (χ0v) is 16.2. The molecule has 25 heavy (non-hydrogen) atoms. The number of likely N-dealkylation sites (N-methyl/N-ethyl adjacent to an activating group) is 1. The Kier molecular flexibility index (Phi) is 6.38. The number of nitrogens with one attached hydrogen (secondary N) is 1. The predicted octanol–water partition coefficient (Wildman–Crippen LogP) is 4.61. The highest BCUT2D eigenvalue weighted by Gasteiger charge is 2.27. The zero-order valence-electron chi connectivity index (χ0n) is 16.2.